The van der Waals surface area contributed by atoms with Crippen molar-refractivity contribution < 1.29 is 9.53 Å². The molecule has 1 N–H and O–H groups in total. The molecular weight excluding hydrogens is 282 g/mol. The molecule has 17 heavy (non-hydrogen) atoms. The first-order chi connectivity index (χ1) is 8.22. The van der Waals surface area contributed by atoms with Gasteiger partial charge in [0.05, 0.1) is 6.54 Å². The lowest BCUT2D eigenvalue weighted by atomic mass is 10.2. The summed E-state index contributed by atoms with van der Waals surface area (Å²) in [6, 6.07) is 7.64. The van der Waals surface area contributed by atoms with Crippen LogP contribution in [0.1, 0.15) is 26.2 Å². The number of rotatable bonds is 7. The predicted octanol–water partition coefficient (Wildman–Crippen LogP) is 3.13. The van der Waals surface area contributed by atoms with Crippen molar-refractivity contribution in [1.82, 2.24) is 5.32 Å². The summed E-state index contributed by atoms with van der Waals surface area (Å²) in [6.45, 7) is 3.13. The second-order valence-electron chi connectivity index (χ2n) is 3.76. The standard InChI is InChI=1S/C13H18BrNO2/c1-2-3-4-13(16)15-9-10-17-12-7-5-11(14)6-8-12/h5-8H,2-4,9-10H2,1H3,(H,15,16). The van der Waals surface area contributed by atoms with Crippen molar-refractivity contribution in [2.45, 2.75) is 26.2 Å². The summed E-state index contributed by atoms with van der Waals surface area (Å²) in [6.07, 6.45) is 2.59. The van der Waals surface area contributed by atoms with Crippen LogP contribution in [-0.4, -0.2) is 19.1 Å². The lowest BCUT2D eigenvalue weighted by Crippen LogP contribution is -2.27. The van der Waals surface area contributed by atoms with E-state index in [2.05, 4.69) is 28.2 Å². The highest BCUT2D eigenvalue weighted by molar-refractivity contribution is 9.10. The zero-order valence-corrected chi connectivity index (χ0v) is 11.6. The third-order valence-corrected chi connectivity index (χ3v) is 2.79. The number of hydrogen-bond donors (Lipinski definition) is 1. The Bertz CT molecular complexity index is 338. The fourth-order valence-electron chi connectivity index (χ4n) is 1.32. The number of halogens is 1. The number of carbonyl (C=O) groups is 1. The molecule has 1 rings (SSSR count). The fraction of sp³-hybridized carbons (Fsp3) is 0.462. The van der Waals surface area contributed by atoms with Crippen LogP contribution < -0.4 is 10.1 Å². The van der Waals surface area contributed by atoms with Crippen molar-refractivity contribution >= 4 is 21.8 Å². The van der Waals surface area contributed by atoms with E-state index in [1.54, 1.807) is 0 Å². The monoisotopic (exact) mass is 299 g/mol. The summed E-state index contributed by atoms with van der Waals surface area (Å²) in [5.74, 6) is 0.919. The van der Waals surface area contributed by atoms with Crippen LogP contribution in [0.5, 0.6) is 5.75 Å². The minimum Gasteiger partial charge on any atom is -0.492 e. The molecule has 0 radical (unpaired) electrons. The summed E-state index contributed by atoms with van der Waals surface area (Å²) in [5.41, 5.74) is 0. The van der Waals surface area contributed by atoms with E-state index in [0.717, 1.165) is 23.1 Å². The topological polar surface area (TPSA) is 38.3 Å². The molecule has 1 aromatic carbocycles. The Morgan fingerprint density at radius 2 is 2.06 bits per heavy atom. The maximum Gasteiger partial charge on any atom is 0.220 e. The molecule has 0 saturated heterocycles. The van der Waals surface area contributed by atoms with Crippen LogP contribution in [0.4, 0.5) is 0 Å². The molecule has 3 nitrogen and oxygen atoms in total. The molecule has 1 aromatic rings. The molecule has 0 unspecified atom stereocenters. The minimum absolute atomic E-state index is 0.103. The largest absolute Gasteiger partial charge is 0.492 e. The molecule has 0 spiro atoms. The van der Waals surface area contributed by atoms with Crippen molar-refractivity contribution in [2.24, 2.45) is 0 Å². The van der Waals surface area contributed by atoms with Crippen LogP contribution in [0.15, 0.2) is 28.7 Å². The number of benzene rings is 1. The van der Waals surface area contributed by atoms with E-state index in [1.807, 2.05) is 24.3 Å². The SMILES string of the molecule is CCCCC(=O)NCCOc1ccc(Br)cc1. The third-order valence-electron chi connectivity index (χ3n) is 2.26. The van der Waals surface area contributed by atoms with Gasteiger partial charge in [-0.2, -0.15) is 0 Å². The lowest BCUT2D eigenvalue weighted by molar-refractivity contribution is -0.121. The van der Waals surface area contributed by atoms with E-state index in [1.165, 1.54) is 0 Å². The van der Waals surface area contributed by atoms with E-state index >= 15 is 0 Å². The van der Waals surface area contributed by atoms with Crippen molar-refractivity contribution in [3.63, 3.8) is 0 Å². The normalized spacial score (nSPS) is 10.0. The number of unbranched alkanes of at least 4 members (excludes halogenated alkanes) is 1. The van der Waals surface area contributed by atoms with Crippen LogP contribution in [-0.2, 0) is 4.79 Å². The Balaban J connectivity index is 2.11. The van der Waals surface area contributed by atoms with E-state index in [9.17, 15) is 4.79 Å². The van der Waals surface area contributed by atoms with Crippen LogP contribution >= 0.6 is 15.9 Å². The zero-order valence-electron chi connectivity index (χ0n) is 10.0. The van der Waals surface area contributed by atoms with Crippen LogP contribution in [0.25, 0.3) is 0 Å². The van der Waals surface area contributed by atoms with Gasteiger partial charge in [0.1, 0.15) is 12.4 Å². The Labute approximate surface area is 111 Å². The molecule has 0 aliphatic heterocycles. The first kappa shape index (κ1) is 14.0. The first-order valence-electron chi connectivity index (χ1n) is 5.87. The lowest BCUT2D eigenvalue weighted by Gasteiger charge is -2.07. The molecule has 0 heterocycles. The fourth-order valence-corrected chi connectivity index (χ4v) is 1.58. The molecule has 0 atom stereocenters. The van der Waals surface area contributed by atoms with Gasteiger partial charge in [0, 0.05) is 10.9 Å². The quantitative estimate of drug-likeness (QED) is 0.786. The zero-order chi connectivity index (χ0) is 12.5. The molecule has 1 amide bonds. The molecule has 0 fully saturated rings. The van der Waals surface area contributed by atoms with Gasteiger partial charge in [-0.3, -0.25) is 4.79 Å². The molecule has 0 bridgehead atoms. The van der Waals surface area contributed by atoms with Gasteiger partial charge in [0.25, 0.3) is 0 Å². The van der Waals surface area contributed by atoms with Gasteiger partial charge in [-0.15, -0.1) is 0 Å². The van der Waals surface area contributed by atoms with E-state index in [0.29, 0.717) is 19.6 Å². The summed E-state index contributed by atoms with van der Waals surface area (Å²) in [7, 11) is 0. The number of carbonyl (C=O) groups excluding carboxylic acids is 1. The number of nitrogens with one attached hydrogen (secondary N) is 1. The molecule has 4 heteroatoms. The number of ether oxygens (including phenoxy) is 1. The van der Waals surface area contributed by atoms with Gasteiger partial charge >= 0.3 is 0 Å². The first-order valence-corrected chi connectivity index (χ1v) is 6.66. The van der Waals surface area contributed by atoms with Gasteiger partial charge in [0.2, 0.25) is 5.91 Å². The summed E-state index contributed by atoms with van der Waals surface area (Å²) < 4.78 is 6.51. The van der Waals surface area contributed by atoms with E-state index in [-0.39, 0.29) is 5.91 Å². The summed E-state index contributed by atoms with van der Waals surface area (Å²) in [5, 5.41) is 2.83. The second kappa shape index (κ2) is 8.12. The molecule has 0 aliphatic rings. The van der Waals surface area contributed by atoms with Gasteiger partial charge in [-0.1, -0.05) is 29.3 Å². The highest BCUT2D eigenvalue weighted by atomic mass is 79.9. The van der Waals surface area contributed by atoms with Crippen molar-refractivity contribution in [3.05, 3.63) is 28.7 Å². The maximum atomic E-state index is 11.3. The van der Waals surface area contributed by atoms with E-state index in [4.69, 9.17) is 4.74 Å². The number of amides is 1. The molecule has 0 aromatic heterocycles. The highest BCUT2D eigenvalue weighted by Crippen LogP contribution is 2.15. The van der Waals surface area contributed by atoms with Gasteiger partial charge < -0.3 is 10.1 Å². The average Bonchev–Trinajstić information content (AvgIpc) is 2.34. The summed E-state index contributed by atoms with van der Waals surface area (Å²) in [4.78, 5) is 11.3. The Hall–Kier alpha value is -1.03. The van der Waals surface area contributed by atoms with Gasteiger partial charge in [0.15, 0.2) is 0 Å². The van der Waals surface area contributed by atoms with Gasteiger partial charge in [-0.25, -0.2) is 0 Å². The molecular formula is C13H18BrNO2. The Morgan fingerprint density at radius 1 is 1.35 bits per heavy atom. The summed E-state index contributed by atoms with van der Waals surface area (Å²) >= 11 is 3.36. The van der Waals surface area contributed by atoms with Gasteiger partial charge in [-0.05, 0) is 30.7 Å². The van der Waals surface area contributed by atoms with Crippen LogP contribution in [0, 0.1) is 0 Å². The molecule has 0 aliphatic carbocycles. The smallest absolute Gasteiger partial charge is 0.220 e. The van der Waals surface area contributed by atoms with Crippen LogP contribution in [0.2, 0.25) is 0 Å². The second-order valence-corrected chi connectivity index (χ2v) is 4.67. The van der Waals surface area contributed by atoms with Crippen molar-refractivity contribution in [3.8, 4) is 5.75 Å². The Kier molecular flexibility index (Phi) is 6.70. The predicted molar refractivity (Wildman–Crippen MR) is 72.2 cm³/mol. The minimum atomic E-state index is 0.103. The highest BCUT2D eigenvalue weighted by Gasteiger charge is 1.99. The third kappa shape index (κ3) is 6.31. The van der Waals surface area contributed by atoms with Crippen LogP contribution in [0.3, 0.4) is 0 Å². The molecule has 0 saturated carbocycles. The Morgan fingerprint density at radius 3 is 2.71 bits per heavy atom. The molecule has 94 valence electrons. The van der Waals surface area contributed by atoms with Crippen molar-refractivity contribution in [1.29, 1.82) is 0 Å². The van der Waals surface area contributed by atoms with Crippen molar-refractivity contribution in [2.75, 3.05) is 13.2 Å². The number of hydrogen-bond acceptors (Lipinski definition) is 2. The average molecular weight is 300 g/mol. The van der Waals surface area contributed by atoms with E-state index < -0.39 is 0 Å². The maximum absolute atomic E-state index is 11.3.